The highest BCUT2D eigenvalue weighted by molar-refractivity contribution is 6.11. The second-order valence-corrected chi connectivity index (χ2v) is 9.96. The van der Waals surface area contributed by atoms with Gasteiger partial charge < -0.3 is 21.5 Å². The van der Waals surface area contributed by atoms with Gasteiger partial charge in [0.25, 0.3) is 11.8 Å². The van der Waals surface area contributed by atoms with Gasteiger partial charge in [0.1, 0.15) is 5.84 Å². The Morgan fingerprint density at radius 2 is 1.57 bits per heavy atom. The van der Waals surface area contributed by atoms with Crippen LogP contribution in [0.15, 0.2) is 66.7 Å². The first-order valence-electron chi connectivity index (χ1n) is 12.1. The van der Waals surface area contributed by atoms with Crippen LogP contribution in [0.25, 0.3) is 11.1 Å². The van der Waals surface area contributed by atoms with E-state index in [9.17, 15) is 19.5 Å². The number of carboxylic acids is 1. The van der Waals surface area contributed by atoms with Crippen LogP contribution in [0.3, 0.4) is 0 Å². The molecule has 1 unspecified atom stereocenters. The van der Waals surface area contributed by atoms with Crippen molar-refractivity contribution in [2.24, 2.45) is 11.1 Å². The molecule has 0 saturated heterocycles. The summed E-state index contributed by atoms with van der Waals surface area (Å²) < 4.78 is 0. The quantitative estimate of drug-likeness (QED) is 0.232. The van der Waals surface area contributed by atoms with E-state index in [1.54, 1.807) is 60.7 Å². The average Bonchev–Trinajstić information content (AvgIpc) is 3.21. The van der Waals surface area contributed by atoms with Crippen LogP contribution in [0.2, 0.25) is 0 Å². The SMILES string of the molecule is CC1(C)CCCC1NC(=O)c1ccc(-c2ccccc2C(=O)Nc2ccc(C(=N)N)cc2)c(C(=O)O)c1. The molecule has 1 fully saturated rings. The number of aromatic carboxylic acids is 1. The number of benzene rings is 3. The van der Waals surface area contributed by atoms with E-state index in [1.165, 1.54) is 6.07 Å². The fraction of sp³-hybridized carbons (Fsp3) is 0.241. The van der Waals surface area contributed by atoms with Gasteiger partial charge in [-0.25, -0.2) is 4.79 Å². The summed E-state index contributed by atoms with van der Waals surface area (Å²) in [5.41, 5.74) is 7.76. The number of hydrogen-bond acceptors (Lipinski definition) is 4. The summed E-state index contributed by atoms with van der Waals surface area (Å²) in [5.74, 6) is -2.00. The molecule has 8 heteroatoms. The maximum Gasteiger partial charge on any atom is 0.336 e. The molecule has 0 radical (unpaired) electrons. The third-order valence-electron chi connectivity index (χ3n) is 6.99. The van der Waals surface area contributed by atoms with E-state index in [4.69, 9.17) is 11.1 Å². The van der Waals surface area contributed by atoms with Crippen molar-refractivity contribution in [1.82, 2.24) is 5.32 Å². The van der Waals surface area contributed by atoms with Gasteiger partial charge in [-0.15, -0.1) is 0 Å². The van der Waals surface area contributed by atoms with Crippen LogP contribution in [0.4, 0.5) is 5.69 Å². The zero-order valence-corrected chi connectivity index (χ0v) is 20.8. The molecule has 1 aliphatic rings. The van der Waals surface area contributed by atoms with Crippen molar-refractivity contribution in [1.29, 1.82) is 5.41 Å². The number of nitrogens with one attached hydrogen (secondary N) is 3. The molecule has 3 aromatic rings. The fourth-order valence-electron chi connectivity index (χ4n) is 4.78. The minimum absolute atomic E-state index is 0.01000. The molecular weight excluding hydrogens is 468 g/mol. The first-order valence-corrected chi connectivity index (χ1v) is 12.1. The molecule has 1 atom stereocenters. The molecule has 0 aliphatic heterocycles. The third kappa shape index (κ3) is 5.53. The van der Waals surface area contributed by atoms with Crippen LogP contribution in [0.5, 0.6) is 0 Å². The van der Waals surface area contributed by atoms with E-state index in [1.807, 2.05) is 0 Å². The highest BCUT2D eigenvalue weighted by Crippen LogP contribution is 2.37. The van der Waals surface area contributed by atoms with Crippen molar-refractivity contribution >= 4 is 29.3 Å². The number of nitrogen functional groups attached to an aromatic ring is 1. The summed E-state index contributed by atoms with van der Waals surface area (Å²) in [7, 11) is 0. The normalized spacial score (nSPS) is 16.1. The summed E-state index contributed by atoms with van der Waals surface area (Å²) in [4.78, 5) is 38.3. The number of carboxylic acid groups (broad SMARTS) is 1. The summed E-state index contributed by atoms with van der Waals surface area (Å²) in [5, 5.41) is 23.3. The Kier molecular flexibility index (Phi) is 7.11. The number of rotatable bonds is 7. The van der Waals surface area contributed by atoms with Crippen LogP contribution < -0.4 is 16.4 Å². The zero-order valence-electron chi connectivity index (χ0n) is 20.8. The molecule has 6 N–H and O–H groups in total. The molecule has 0 heterocycles. The highest BCUT2D eigenvalue weighted by Gasteiger charge is 2.35. The van der Waals surface area contributed by atoms with Gasteiger partial charge in [0.15, 0.2) is 0 Å². The van der Waals surface area contributed by atoms with Crippen molar-refractivity contribution in [3.63, 3.8) is 0 Å². The molecular formula is C29H30N4O4. The average molecular weight is 499 g/mol. The zero-order chi connectivity index (χ0) is 26.7. The van der Waals surface area contributed by atoms with Crippen molar-refractivity contribution in [2.75, 3.05) is 5.32 Å². The number of carbonyl (C=O) groups is 3. The fourth-order valence-corrected chi connectivity index (χ4v) is 4.78. The number of anilines is 1. The molecule has 8 nitrogen and oxygen atoms in total. The number of nitrogens with two attached hydrogens (primary N) is 1. The van der Waals surface area contributed by atoms with Gasteiger partial charge in [-0.05, 0) is 71.8 Å². The smallest absolute Gasteiger partial charge is 0.336 e. The first-order chi connectivity index (χ1) is 17.6. The monoisotopic (exact) mass is 498 g/mol. The summed E-state index contributed by atoms with van der Waals surface area (Å²) in [6.45, 7) is 4.24. The molecule has 4 rings (SSSR count). The predicted molar refractivity (Wildman–Crippen MR) is 143 cm³/mol. The second kappa shape index (κ2) is 10.3. The van der Waals surface area contributed by atoms with Gasteiger partial charge >= 0.3 is 5.97 Å². The predicted octanol–water partition coefficient (Wildman–Crippen LogP) is 4.90. The van der Waals surface area contributed by atoms with Crippen LogP contribution >= 0.6 is 0 Å². The van der Waals surface area contributed by atoms with Crippen LogP contribution in [-0.4, -0.2) is 34.8 Å². The number of hydrogen-bond donors (Lipinski definition) is 5. The van der Waals surface area contributed by atoms with E-state index in [0.29, 0.717) is 22.4 Å². The number of amides is 2. The lowest BCUT2D eigenvalue weighted by atomic mass is 9.87. The lowest BCUT2D eigenvalue weighted by Gasteiger charge is -2.27. The number of amidine groups is 1. The molecule has 37 heavy (non-hydrogen) atoms. The summed E-state index contributed by atoms with van der Waals surface area (Å²) >= 11 is 0. The highest BCUT2D eigenvalue weighted by atomic mass is 16.4. The van der Waals surface area contributed by atoms with Gasteiger partial charge in [0.2, 0.25) is 0 Å². The minimum atomic E-state index is -1.19. The topological polar surface area (TPSA) is 145 Å². The molecule has 190 valence electrons. The Morgan fingerprint density at radius 1 is 0.919 bits per heavy atom. The van der Waals surface area contributed by atoms with E-state index in [-0.39, 0.29) is 39.9 Å². The largest absolute Gasteiger partial charge is 0.478 e. The van der Waals surface area contributed by atoms with Crippen molar-refractivity contribution in [3.8, 4) is 11.1 Å². The van der Waals surface area contributed by atoms with E-state index in [2.05, 4.69) is 24.5 Å². The summed E-state index contributed by atoms with van der Waals surface area (Å²) in [6.07, 6.45) is 2.95. The van der Waals surface area contributed by atoms with Crippen LogP contribution in [-0.2, 0) is 0 Å². The van der Waals surface area contributed by atoms with E-state index < -0.39 is 11.9 Å². The van der Waals surface area contributed by atoms with Gasteiger partial charge in [-0.2, -0.15) is 0 Å². The lowest BCUT2D eigenvalue weighted by Crippen LogP contribution is -2.41. The number of carbonyl (C=O) groups excluding carboxylic acids is 2. The summed E-state index contributed by atoms with van der Waals surface area (Å²) in [6, 6.07) is 17.8. The maximum absolute atomic E-state index is 13.1. The molecule has 3 aromatic carbocycles. The molecule has 1 saturated carbocycles. The maximum atomic E-state index is 13.1. The Morgan fingerprint density at radius 3 is 2.19 bits per heavy atom. The Hall–Kier alpha value is -4.46. The second-order valence-electron chi connectivity index (χ2n) is 9.96. The Labute approximate surface area is 215 Å². The van der Waals surface area contributed by atoms with Gasteiger partial charge in [0, 0.05) is 28.4 Å². The molecule has 0 aromatic heterocycles. The van der Waals surface area contributed by atoms with Gasteiger partial charge in [0.05, 0.1) is 5.56 Å². The lowest BCUT2D eigenvalue weighted by molar-refractivity contribution is 0.0697. The van der Waals surface area contributed by atoms with Crippen LogP contribution in [0, 0.1) is 10.8 Å². The van der Waals surface area contributed by atoms with E-state index in [0.717, 1.165) is 19.3 Å². The van der Waals surface area contributed by atoms with Crippen molar-refractivity contribution in [2.45, 2.75) is 39.2 Å². The van der Waals surface area contributed by atoms with E-state index >= 15 is 0 Å². The third-order valence-corrected chi connectivity index (χ3v) is 6.99. The Balaban J connectivity index is 1.63. The standard InChI is InChI=1S/C29H30N4O4/c1-29(2)15-5-8-24(29)33-26(34)18-11-14-21(23(16-18)28(36)37)20-6-3-4-7-22(20)27(35)32-19-12-9-17(10-13-19)25(30)31/h3-4,6-7,9-14,16,24H,5,8,15H2,1-2H3,(H3,30,31)(H,32,35)(H,33,34)(H,36,37). The van der Waals surface area contributed by atoms with Crippen molar-refractivity contribution in [3.05, 3.63) is 89.0 Å². The Bertz CT molecular complexity index is 1380. The molecule has 1 aliphatic carbocycles. The molecule has 2 amide bonds. The van der Waals surface area contributed by atoms with Crippen molar-refractivity contribution < 1.29 is 19.5 Å². The first kappa shape index (κ1) is 25.6. The minimum Gasteiger partial charge on any atom is -0.478 e. The van der Waals surface area contributed by atoms with Gasteiger partial charge in [-0.1, -0.05) is 44.5 Å². The molecule has 0 spiro atoms. The molecule has 0 bridgehead atoms. The van der Waals surface area contributed by atoms with Gasteiger partial charge in [-0.3, -0.25) is 15.0 Å². The van der Waals surface area contributed by atoms with Crippen LogP contribution in [0.1, 0.15) is 69.7 Å².